The lowest BCUT2D eigenvalue weighted by Gasteiger charge is -2.32. The zero-order valence-corrected chi connectivity index (χ0v) is 8.53. The van der Waals surface area contributed by atoms with Crippen LogP contribution in [0.25, 0.3) is 0 Å². The van der Waals surface area contributed by atoms with E-state index in [9.17, 15) is 4.79 Å². The lowest BCUT2D eigenvalue weighted by molar-refractivity contribution is -0.122. The SMILES string of the molecule is CC(=O)C1c2cnccc2CCN1C. The van der Waals surface area contributed by atoms with Crippen molar-refractivity contribution in [3.8, 4) is 0 Å². The molecule has 0 aromatic carbocycles. The normalized spacial score (nSPS) is 21.7. The van der Waals surface area contributed by atoms with Crippen molar-refractivity contribution in [1.29, 1.82) is 0 Å². The Hall–Kier alpha value is -1.22. The van der Waals surface area contributed by atoms with Gasteiger partial charge in [0.2, 0.25) is 0 Å². The molecule has 3 heteroatoms. The van der Waals surface area contributed by atoms with Crippen LogP contribution in [0.5, 0.6) is 0 Å². The Morgan fingerprint density at radius 3 is 3.14 bits per heavy atom. The van der Waals surface area contributed by atoms with Gasteiger partial charge in [0.15, 0.2) is 5.78 Å². The lowest BCUT2D eigenvalue weighted by Crippen LogP contribution is -2.36. The first-order chi connectivity index (χ1) is 6.70. The van der Waals surface area contributed by atoms with Gasteiger partial charge < -0.3 is 0 Å². The zero-order valence-electron chi connectivity index (χ0n) is 8.53. The summed E-state index contributed by atoms with van der Waals surface area (Å²) in [6.07, 6.45) is 4.62. The van der Waals surface area contributed by atoms with Crippen LogP contribution in [0.1, 0.15) is 24.1 Å². The summed E-state index contributed by atoms with van der Waals surface area (Å²) >= 11 is 0. The minimum Gasteiger partial charge on any atom is -0.298 e. The maximum absolute atomic E-state index is 11.5. The molecular weight excluding hydrogens is 176 g/mol. The van der Waals surface area contributed by atoms with E-state index in [1.807, 2.05) is 19.3 Å². The van der Waals surface area contributed by atoms with Gasteiger partial charge in [-0.25, -0.2) is 0 Å². The van der Waals surface area contributed by atoms with Gasteiger partial charge in [-0.3, -0.25) is 14.7 Å². The third kappa shape index (κ3) is 1.44. The number of carbonyl (C=O) groups is 1. The number of hydrogen-bond donors (Lipinski definition) is 0. The minimum absolute atomic E-state index is 0.0903. The Kier molecular flexibility index (Phi) is 2.33. The number of fused-ring (bicyclic) bond motifs is 1. The third-order valence-electron chi connectivity index (χ3n) is 2.80. The van der Waals surface area contributed by atoms with Crippen molar-refractivity contribution in [3.05, 3.63) is 29.6 Å². The van der Waals surface area contributed by atoms with E-state index < -0.39 is 0 Å². The van der Waals surface area contributed by atoms with Gasteiger partial charge in [0, 0.05) is 18.9 Å². The van der Waals surface area contributed by atoms with E-state index in [2.05, 4.69) is 9.88 Å². The average Bonchev–Trinajstić information content (AvgIpc) is 2.17. The monoisotopic (exact) mass is 190 g/mol. The summed E-state index contributed by atoms with van der Waals surface area (Å²) in [5.41, 5.74) is 2.34. The molecule has 2 rings (SSSR count). The van der Waals surface area contributed by atoms with Crippen LogP contribution in [0, 0.1) is 0 Å². The molecule has 0 saturated carbocycles. The number of pyridine rings is 1. The van der Waals surface area contributed by atoms with E-state index >= 15 is 0 Å². The van der Waals surface area contributed by atoms with Crippen molar-refractivity contribution in [1.82, 2.24) is 9.88 Å². The molecule has 74 valence electrons. The quantitative estimate of drug-likeness (QED) is 0.667. The van der Waals surface area contributed by atoms with Crippen molar-refractivity contribution >= 4 is 5.78 Å². The second-order valence-corrected chi connectivity index (χ2v) is 3.82. The predicted molar refractivity (Wildman–Crippen MR) is 54.0 cm³/mol. The van der Waals surface area contributed by atoms with Gasteiger partial charge in [0.25, 0.3) is 0 Å². The summed E-state index contributed by atoms with van der Waals surface area (Å²) < 4.78 is 0. The number of rotatable bonds is 1. The number of carbonyl (C=O) groups excluding carboxylic acids is 1. The number of aromatic nitrogens is 1. The summed E-state index contributed by atoms with van der Waals surface area (Å²) in [5.74, 6) is 0.196. The average molecular weight is 190 g/mol. The standard InChI is InChI=1S/C11H14N2O/c1-8(14)11-10-7-12-5-3-9(10)4-6-13(11)2/h3,5,7,11H,4,6H2,1-2H3. The highest BCUT2D eigenvalue weighted by atomic mass is 16.1. The van der Waals surface area contributed by atoms with Crippen LogP contribution in [-0.4, -0.2) is 29.3 Å². The van der Waals surface area contributed by atoms with Gasteiger partial charge in [-0.15, -0.1) is 0 Å². The van der Waals surface area contributed by atoms with Gasteiger partial charge in [0.1, 0.15) is 0 Å². The first kappa shape index (κ1) is 9.34. The summed E-state index contributed by atoms with van der Waals surface area (Å²) in [4.78, 5) is 17.7. The maximum atomic E-state index is 11.5. The second-order valence-electron chi connectivity index (χ2n) is 3.82. The van der Waals surface area contributed by atoms with Crippen molar-refractivity contribution < 1.29 is 4.79 Å². The molecule has 0 fully saturated rings. The molecule has 2 heterocycles. The van der Waals surface area contributed by atoms with Gasteiger partial charge >= 0.3 is 0 Å². The molecule has 0 amide bonds. The molecule has 0 saturated heterocycles. The Bertz CT molecular complexity index is 362. The summed E-state index contributed by atoms with van der Waals surface area (Å²) in [5, 5.41) is 0. The number of ketones is 1. The largest absolute Gasteiger partial charge is 0.298 e. The van der Waals surface area contributed by atoms with E-state index in [4.69, 9.17) is 0 Å². The molecular formula is C11H14N2O. The van der Waals surface area contributed by atoms with E-state index in [-0.39, 0.29) is 11.8 Å². The van der Waals surface area contributed by atoms with Crippen molar-refractivity contribution in [2.75, 3.05) is 13.6 Å². The van der Waals surface area contributed by atoms with Crippen LogP contribution in [0.4, 0.5) is 0 Å². The molecule has 1 aliphatic heterocycles. The van der Waals surface area contributed by atoms with Crippen LogP contribution < -0.4 is 0 Å². The first-order valence-electron chi connectivity index (χ1n) is 4.83. The molecule has 0 bridgehead atoms. The summed E-state index contributed by atoms with van der Waals surface area (Å²) in [6, 6.07) is 1.92. The molecule has 1 atom stereocenters. The van der Waals surface area contributed by atoms with Crippen molar-refractivity contribution in [2.45, 2.75) is 19.4 Å². The zero-order chi connectivity index (χ0) is 10.1. The fraction of sp³-hybridized carbons (Fsp3) is 0.455. The molecule has 1 aliphatic rings. The highest BCUT2D eigenvalue weighted by molar-refractivity contribution is 5.83. The molecule has 3 nitrogen and oxygen atoms in total. The lowest BCUT2D eigenvalue weighted by atomic mass is 9.93. The van der Waals surface area contributed by atoms with Crippen LogP contribution in [0.3, 0.4) is 0 Å². The molecule has 1 aromatic heterocycles. The number of hydrogen-bond acceptors (Lipinski definition) is 3. The van der Waals surface area contributed by atoms with Gasteiger partial charge in [-0.1, -0.05) is 0 Å². The van der Waals surface area contributed by atoms with E-state index in [1.54, 1.807) is 13.1 Å². The molecule has 14 heavy (non-hydrogen) atoms. The van der Waals surface area contributed by atoms with Crippen LogP contribution in [0.15, 0.2) is 18.5 Å². The fourth-order valence-corrected chi connectivity index (χ4v) is 2.10. The number of nitrogens with zero attached hydrogens (tertiary/aromatic N) is 2. The Morgan fingerprint density at radius 1 is 1.64 bits per heavy atom. The smallest absolute Gasteiger partial charge is 0.151 e. The topological polar surface area (TPSA) is 33.2 Å². The van der Waals surface area contributed by atoms with E-state index in [1.165, 1.54) is 5.56 Å². The molecule has 1 aromatic rings. The summed E-state index contributed by atoms with van der Waals surface area (Å²) in [7, 11) is 1.99. The summed E-state index contributed by atoms with van der Waals surface area (Å²) in [6.45, 7) is 2.59. The number of Topliss-reactive ketones (excluding diaryl/α,β-unsaturated/α-hetero) is 1. The number of likely N-dealkylation sites (N-methyl/N-ethyl adjacent to an activating group) is 1. The Morgan fingerprint density at radius 2 is 2.43 bits per heavy atom. The molecule has 0 aliphatic carbocycles. The molecule has 0 N–H and O–H groups in total. The predicted octanol–water partition coefficient (Wildman–Crippen LogP) is 1.20. The maximum Gasteiger partial charge on any atom is 0.151 e. The van der Waals surface area contributed by atoms with E-state index in [0.29, 0.717) is 0 Å². The second kappa shape index (κ2) is 3.50. The van der Waals surface area contributed by atoms with Crippen molar-refractivity contribution in [2.24, 2.45) is 0 Å². The van der Waals surface area contributed by atoms with Gasteiger partial charge in [-0.05, 0) is 37.6 Å². The molecule has 0 spiro atoms. The van der Waals surface area contributed by atoms with Gasteiger partial charge in [-0.2, -0.15) is 0 Å². The Labute approximate surface area is 83.8 Å². The highest BCUT2D eigenvalue weighted by Gasteiger charge is 2.27. The highest BCUT2D eigenvalue weighted by Crippen LogP contribution is 2.27. The van der Waals surface area contributed by atoms with Crippen LogP contribution in [-0.2, 0) is 11.2 Å². The first-order valence-corrected chi connectivity index (χ1v) is 4.83. The van der Waals surface area contributed by atoms with Gasteiger partial charge in [0.05, 0.1) is 6.04 Å². The molecule has 0 radical (unpaired) electrons. The van der Waals surface area contributed by atoms with E-state index in [0.717, 1.165) is 18.5 Å². The van der Waals surface area contributed by atoms with Crippen LogP contribution in [0.2, 0.25) is 0 Å². The molecule has 1 unspecified atom stereocenters. The van der Waals surface area contributed by atoms with Crippen molar-refractivity contribution in [3.63, 3.8) is 0 Å². The third-order valence-corrected chi connectivity index (χ3v) is 2.80. The Balaban J connectivity index is 2.46. The fourth-order valence-electron chi connectivity index (χ4n) is 2.10. The van der Waals surface area contributed by atoms with Crippen LogP contribution >= 0.6 is 0 Å². The minimum atomic E-state index is -0.0903.